The molecule has 2 aromatic rings. The van der Waals surface area contributed by atoms with Crippen LogP contribution in [0.1, 0.15) is 21.5 Å². The second-order valence-electron chi connectivity index (χ2n) is 4.94. The third-order valence-electron chi connectivity index (χ3n) is 3.21. The van der Waals surface area contributed by atoms with E-state index in [9.17, 15) is 9.59 Å². The quantitative estimate of drug-likeness (QED) is 0.831. The number of primary amides is 1. The minimum absolute atomic E-state index is 0.120. The molecule has 0 bridgehead atoms. The first-order valence-corrected chi connectivity index (χ1v) is 6.62. The Hall–Kier alpha value is -2.69. The predicted molar refractivity (Wildman–Crippen MR) is 79.7 cm³/mol. The first kappa shape index (κ1) is 14.7. The Morgan fingerprint density at radius 2 is 1.81 bits per heavy atom. The maximum atomic E-state index is 12.1. The highest BCUT2D eigenvalue weighted by Crippen LogP contribution is 2.19. The Morgan fingerprint density at radius 3 is 2.43 bits per heavy atom. The van der Waals surface area contributed by atoms with Gasteiger partial charge in [0.1, 0.15) is 5.56 Å². The van der Waals surface area contributed by atoms with Crippen LogP contribution in [0.4, 0.5) is 5.69 Å². The number of nitrogens with two attached hydrogens (primary N) is 1. The van der Waals surface area contributed by atoms with Gasteiger partial charge in [0, 0.05) is 11.8 Å². The molecule has 0 unspecified atom stereocenters. The van der Waals surface area contributed by atoms with Gasteiger partial charge in [-0.05, 0) is 31.0 Å². The van der Waals surface area contributed by atoms with E-state index in [-0.39, 0.29) is 12.5 Å². The van der Waals surface area contributed by atoms with Crippen LogP contribution < -0.4 is 15.6 Å². The van der Waals surface area contributed by atoms with Gasteiger partial charge in [0.15, 0.2) is 12.4 Å². The van der Waals surface area contributed by atoms with Crippen LogP contribution in [0.3, 0.4) is 0 Å². The molecule has 5 heteroatoms. The molecule has 0 aliphatic heterocycles. The van der Waals surface area contributed by atoms with Crippen molar-refractivity contribution >= 4 is 17.5 Å². The molecule has 3 N–H and O–H groups in total. The van der Waals surface area contributed by atoms with Crippen molar-refractivity contribution in [3.63, 3.8) is 0 Å². The maximum Gasteiger partial charge on any atom is 0.290 e. The van der Waals surface area contributed by atoms with Gasteiger partial charge in [-0.15, -0.1) is 0 Å². The minimum Gasteiger partial charge on any atom is -0.365 e. The Morgan fingerprint density at radius 1 is 1.14 bits per heavy atom. The van der Waals surface area contributed by atoms with Crippen LogP contribution in [0.2, 0.25) is 0 Å². The molecular weight excluding hydrogens is 266 g/mol. The van der Waals surface area contributed by atoms with Crippen molar-refractivity contribution in [2.45, 2.75) is 20.4 Å². The zero-order chi connectivity index (χ0) is 15.4. The van der Waals surface area contributed by atoms with Crippen LogP contribution in [-0.2, 0) is 11.3 Å². The smallest absolute Gasteiger partial charge is 0.290 e. The highest BCUT2D eigenvalue weighted by Gasteiger charge is 2.13. The summed E-state index contributed by atoms with van der Waals surface area (Å²) in [6.07, 6.45) is 3.28. The van der Waals surface area contributed by atoms with E-state index in [0.29, 0.717) is 5.56 Å². The SMILES string of the molecule is Cc1cccc(C)c1NC(=O)C[n+]1cccc(C(N)=O)c1. The normalized spacial score (nSPS) is 10.2. The van der Waals surface area contributed by atoms with Gasteiger partial charge < -0.3 is 11.1 Å². The number of anilines is 1. The second-order valence-corrected chi connectivity index (χ2v) is 4.94. The number of hydrogen-bond donors (Lipinski definition) is 2. The number of carbonyl (C=O) groups is 2. The summed E-state index contributed by atoms with van der Waals surface area (Å²) >= 11 is 0. The minimum atomic E-state index is -0.514. The Bertz CT molecular complexity index is 675. The molecule has 21 heavy (non-hydrogen) atoms. The van der Waals surface area contributed by atoms with Crippen molar-refractivity contribution in [3.05, 3.63) is 59.4 Å². The molecule has 0 saturated carbocycles. The molecule has 0 fully saturated rings. The number of para-hydroxylation sites is 1. The lowest BCUT2D eigenvalue weighted by Crippen LogP contribution is -2.40. The predicted octanol–water partition coefficient (Wildman–Crippen LogP) is 1.33. The monoisotopic (exact) mass is 284 g/mol. The van der Waals surface area contributed by atoms with Gasteiger partial charge in [0.25, 0.3) is 11.8 Å². The number of aryl methyl sites for hydroxylation is 2. The molecule has 0 radical (unpaired) electrons. The summed E-state index contributed by atoms with van der Waals surface area (Å²) in [7, 11) is 0. The standard InChI is InChI=1S/C16H17N3O2/c1-11-5-3-6-12(2)15(11)18-14(20)10-19-8-4-7-13(9-19)16(17)21/h3-9H,10H2,1-2H3,(H2-,17,18,20,21)/p+1. The largest absolute Gasteiger partial charge is 0.365 e. The second kappa shape index (κ2) is 6.17. The molecule has 0 saturated heterocycles. The first-order valence-electron chi connectivity index (χ1n) is 6.62. The van der Waals surface area contributed by atoms with Crippen molar-refractivity contribution in [1.82, 2.24) is 0 Å². The van der Waals surface area contributed by atoms with E-state index in [0.717, 1.165) is 16.8 Å². The fraction of sp³-hybridized carbons (Fsp3) is 0.188. The molecule has 0 atom stereocenters. The zero-order valence-corrected chi connectivity index (χ0v) is 12.1. The number of rotatable bonds is 4. The number of hydrogen-bond acceptors (Lipinski definition) is 2. The van der Waals surface area contributed by atoms with Gasteiger partial charge >= 0.3 is 0 Å². The first-order chi connectivity index (χ1) is 9.97. The number of pyridine rings is 1. The zero-order valence-electron chi connectivity index (χ0n) is 12.1. The summed E-state index contributed by atoms with van der Waals surface area (Å²) in [5.41, 5.74) is 8.45. The summed E-state index contributed by atoms with van der Waals surface area (Å²) in [4.78, 5) is 23.2. The van der Waals surface area contributed by atoms with Crippen LogP contribution in [0, 0.1) is 13.8 Å². The summed E-state index contributed by atoms with van der Waals surface area (Å²) in [5.74, 6) is -0.668. The van der Waals surface area contributed by atoms with Crippen LogP contribution in [-0.4, -0.2) is 11.8 Å². The molecule has 1 aromatic carbocycles. The summed E-state index contributed by atoms with van der Waals surface area (Å²) < 4.78 is 1.63. The van der Waals surface area contributed by atoms with E-state index in [2.05, 4.69) is 5.32 Å². The highest BCUT2D eigenvalue weighted by molar-refractivity contribution is 5.92. The number of carbonyl (C=O) groups excluding carboxylic acids is 2. The molecule has 0 spiro atoms. The fourth-order valence-corrected chi connectivity index (χ4v) is 2.12. The van der Waals surface area contributed by atoms with E-state index in [1.54, 1.807) is 29.1 Å². The van der Waals surface area contributed by atoms with E-state index >= 15 is 0 Å². The molecule has 108 valence electrons. The summed E-state index contributed by atoms with van der Waals surface area (Å²) in [6.45, 7) is 4.02. The number of aromatic nitrogens is 1. The average Bonchev–Trinajstić information content (AvgIpc) is 2.43. The summed E-state index contributed by atoms with van der Waals surface area (Å²) in [6, 6.07) is 9.15. The molecule has 0 aliphatic carbocycles. The van der Waals surface area contributed by atoms with Gasteiger partial charge in [0.2, 0.25) is 6.54 Å². The van der Waals surface area contributed by atoms with E-state index in [1.165, 1.54) is 0 Å². The van der Waals surface area contributed by atoms with E-state index < -0.39 is 5.91 Å². The van der Waals surface area contributed by atoms with Crippen LogP contribution >= 0.6 is 0 Å². The van der Waals surface area contributed by atoms with Crippen molar-refractivity contribution in [2.75, 3.05) is 5.32 Å². The molecule has 5 nitrogen and oxygen atoms in total. The maximum absolute atomic E-state index is 12.1. The molecule has 2 rings (SSSR count). The van der Waals surface area contributed by atoms with Gasteiger partial charge in [0.05, 0.1) is 0 Å². The van der Waals surface area contributed by atoms with Crippen molar-refractivity contribution in [2.24, 2.45) is 5.73 Å². The van der Waals surface area contributed by atoms with Crippen molar-refractivity contribution in [1.29, 1.82) is 0 Å². The number of nitrogens with one attached hydrogen (secondary N) is 1. The Kier molecular flexibility index (Phi) is 4.33. The Balaban J connectivity index is 2.12. The van der Waals surface area contributed by atoms with Crippen LogP contribution in [0.25, 0.3) is 0 Å². The molecule has 1 aromatic heterocycles. The van der Waals surface area contributed by atoms with E-state index in [1.807, 2.05) is 32.0 Å². The lowest BCUT2D eigenvalue weighted by Gasteiger charge is -2.10. The lowest BCUT2D eigenvalue weighted by atomic mass is 10.1. The number of nitrogens with zero attached hydrogens (tertiary/aromatic N) is 1. The van der Waals surface area contributed by atoms with Gasteiger partial charge in [-0.3, -0.25) is 9.59 Å². The Labute approximate surface area is 123 Å². The van der Waals surface area contributed by atoms with E-state index in [4.69, 9.17) is 5.73 Å². The average molecular weight is 284 g/mol. The van der Waals surface area contributed by atoms with Crippen molar-refractivity contribution < 1.29 is 14.2 Å². The fourth-order valence-electron chi connectivity index (χ4n) is 2.12. The van der Waals surface area contributed by atoms with Gasteiger partial charge in [-0.2, -0.15) is 4.57 Å². The van der Waals surface area contributed by atoms with Crippen molar-refractivity contribution in [3.8, 4) is 0 Å². The third kappa shape index (κ3) is 3.66. The summed E-state index contributed by atoms with van der Waals surface area (Å²) in [5, 5.41) is 2.90. The molecule has 2 amide bonds. The van der Waals surface area contributed by atoms with Gasteiger partial charge in [-0.1, -0.05) is 18.2 Å². The topological polar surface area (TPSA) is 76.1 Å². The lowest BCUT2D eigenvalue weighted by molar-refractivity contribution is -0.684. The number of amides is 2. The van der Waals surface area contributed by atoms with Gasteiger partial charge in [-0.25, -0.2) is 0 Å². The number of benzene rings is 1. The molecule has 1 heterocycles. The van der Waals surface area contributed by atoms with Crippen LogP contribution in [0.15, 0.2) is 42.7 Å². The molecule has 0 aliphatic rings. The highest BCUT2D eigenvalue weighted by atomic mass is 16.2. The third-order valence-corrected chi connectivity index (χ3v) is 3.21. The van der Waals surface area contributed by atoms with Crippen LogP contribution in [0.5, 0.6) is 0 Å². The molecular formula is C16H18N3O2+.